The number of nitrogens with zero attached hydrogens (tertiary/aromatic N) is 2. The Bertz CT molecular complexity index is 672. The average molecular weight is 366 g/mol. The van der Waals surface area contributed by atoms with Crippen LogP contribution >= 0.6 is 0 Å². The van der Waals surface area contributed by atoms with E-state index in [2.05, 4.69) is 0 Å². The molecule has 1 aromatic carbocycles. The number of piperazine rings is 1. The van der Waals surface area contributed by atoms with Crippen molar-refractivity contribution in [2.75, 3.05) is 31.1 Å². The SMILES string of the molecule is CCOC(=O)c1ccc(N2CCN(OC(=O)C(C)(C)C)C(C)C2)cc1F. The second kappa shape index (κ2) is 8.03. The number of hydrogen-bond donors (Lipinski definition) is 0. The van der Waals surface area contributed by atoms with E-state index in [1.165, 1.54) is 12.1 Å². The van der Waals surface area contributed by atoms with Gasteiger partial charge in [0.1, 0.15) is 5.82 Å². The Morgan fingerprint density at radius 1 is 1.27 bits per heavy atom. The maximum absolute atomic E-state index is 14.2. The van der Waals surface area contributed by atoms with E-state index in [4.69, 9.17) is 9.57 Å². The number of hydroxylamine groups is 2. The number of carbonyl (C=O) groups is 2. The number of benzene rings is 1. The van der Waals surface area contributed by atoms with Gasteiger partial charge in [0.25, 0.3) is 0 Å². The highest BCUT2D eigenvalue weighted by atomic mass is 19.1. The highest BCUT2D eigenvalue weighted by molar-refractivity contribution is 5.90. The number of hydrogen-bond acceptors (Lipinski definition) is 6. The molecule has 0 bridgehead atoms. The molecule has 1 aliphatic rings. The first-order chi connectivity index (χ1) is 12.1. The molecule has 1 fully saturated rings. The van der Waals surface area contributed by atoms with Crippen molar-refractivity contribution in [3.63, 3.8) is 0 Å². The van der Waals surface area contributed by atoms with E-state index in [1.54, 1.807) is 18.1 Å². The molecule has 0 saturated carbocycles. The highest BCUT2D eigenvalue weighted by Crippen LogP contribution is 2.24. The molecule has 0 spiro atoms. The van der Waals surface area contributed by atoms with Crippen LogP contribution in [0.25, 0.3) is 0 Å². The summed E-state index contributed by atoms with van der Waals surface area (Å²) in [5.74, 6) is -1.54. The molecule has 0 aliphatic carbocycles. The molecule has 144 valence electrons. The van der Waals surface area contributed by atoms with Gasteiger partial charge in [0.05, 0.1) is 30.2 Å². The molecule has 1 atom stereocenters. The van der Waals surface area contributed by atoms with Crippen LogP contribution in [0.2, 0.25) is 0 Å². The lowest BCUT2D eigenvalue weighted by Gasteiger charge is -2.40. The maximum Gasteiger partial charge on any atom is 0.341 e. The van der Waals surface area contributed by atoms with E-state index >= 15 is 0 Å². The minimum atomic E-state index is -0.663. The van der Waals surface area contributed by atoms with E-state index in [0.29, 0.717) is 25.3 Å². The standard InChI is InChI=1S/C19H27FN2O4/c1-6-25-17(23)15-8-7-14(11-16(15)20)21-9-10-22(13(2)12-21)26-18(24)19(3,4)5/h7-8,11,13H,6,9-10,12H2,1-5H3. The van der Waals surface area contributed by atoms with Crippen LogP contribution < -0.4 is 4.90 Å². The van der Waals surface area contributed by atoms with Gasteiger partial charge in [-0.1, -0.05) is 0 Å². The molecule has 6 nitrogen and oxygen atoms in total. The van der Waals surface area contributed by atoms with Crippen molar-refractivity contribution in [3.05, 3.63) is 29.6 Å². The number of halogens is 1. The zero-order chi connectivity index (χ0) is 19.5. The lowest BCUT2D eigenvalue weighted by atomic mass is 9.98. The molecule has 26 heavy (non-hydrogen) atoms. The van der Waals surface area contributed by atoms with Crippen LogP contribution in [0.1, 0.15) is 45.0 Å². The van der Waals surface area contributed by atoms with Crippen molar-refractivity contribution in [1.82, 2.24) is 5.06 Å². The molecule has 2 rings (SSSR count). The maximum atomic E-state index is 14.2. The van der Waals surface area contributed by atoms with Crippen LogP contribution in [-0.4, -0.2) is 49.3 Å². The number of rotatable bonds is 4. The highest BCUT2D eigenvalue weighted by Gasteiger charge is 2.31. The van der Waals surface area contributed by atoms with Gasteiger partial charge in [-0.15, -0.1) is 5.06 Å². The zero-order valence-electron chi connectivity index (χ0n) is 16.0. The third-order valence-corrected chi connectivity index (χ3v) is 4.19. The Morgan fingerprint density at radius 3 is 2.50 bits per heavy atom. The molecule has 1 aliphatic heterocycles. The van der Waals surface area contributed by atoms with E-state index in [-0.39, 0.29) is 24.2 Å². The molecule has 7 heteroatoms. The quantitative estimate of drug-likeness (QED) is 0.764. The average Bonchev–Trinajstić information content (AvgIpc) is 2.55. The second-order valence-corrected chi connectivity index (χ2v) is 7.45. The van der Waals surface area contributed by atoms with Gasteiger partial charge < -0.3 is 14.5 Å². The number of ether oxygens (including phenoxy) is 1. The summed E-state index contributed by atoms with van der Waals surface area (Å²) in [5.41, 5.74) is 0.0497. The first-order valence-electron chi connectivity index (χ1n) is 8.84. The smallest absolute Gasteiger partial charge is 0.341 e. The molecule has 1 aromatic rings. The molecule has 1 unspecified atom stereocenters. The first kappa shape index (κ1) is 20.2. The molecule has 0 aromatic heterocycles. The Kier molecular flexibility index (Phi) is 6.23. The van der Waals surface area contributed by atoms with E-state index in [9.17, 15) is 14.0 Å². The third-order valence-electron chi connectivity index (χ3n) is 4.19. The molecular formula is C19H27FN2O4. The fourth-order valence-corrected chi connectivity index (χ4v) is 2.63. The number of carbonyl (C=O) groups excluding carboxylic acids is 2. The fraction of sp³-hybridized carbons (Fsp3) is 0.579. The van der Waals surface area contributed by atoms with Gasteiger partial charge in [0.2, 0.25) is 0 Å². The van der Waals surface area contributed by atoms with Gasteiger partial charge >= 0.3 is 11.9 Å². The van der Waals surface area contributed by atoms with Crippen molar-refractivity contribution in [2.24, 2.45) is 5.41 Å². The number of anilines is 1. The van der Waals surface area contributed by atoms with Crippen molar-refractivity contribution in [3.8, 4) is 0 Å². The fourth-order valence-electron chi connectivity index (χ4n) is 2.63. The molecule has 1 heterocycles. The Hall–Kier alpha value is -2.15. The monoisotopic (exact) mass is 366 g/mol. The van der Waals surface area contributed by atoms with Crippen LogP contribution in [0.15, 0.2) is 18.2 Å². The third kappa shape index (κ3) is 4.72. The van der Waals surface area contributed by atoms with Crippen molar-refractivity contribution in [2.45, 2.75) is 40.7 Å². The summed E-state index contributed by atoms with van der Waals surface area (Å²) in [7, 11) is 0. The van der Waals surface area contributed by atoms with E-state index in [1.807, 2.05) is 32.6 Å². The Morgan fingerprint density at radius 2 is 1.96 bits per heavy atom. The van der Waals surface area contributed by atoms with Crippen LogP contribution in [0.4, 0.5) is 10.1 Å². The van der Waals surface area contributed by atoms with Gasteiger partial charge in [-0.2, -0.15) is 0 Å². The summed E-state index contributed by atoms with van der Waals surface area (Å²) in [4.78, 5) is 31.2. The molecule has 0 amide bonds. The summed E-state index contributed by atoms with van der Waals surface area (Å²) < 4.78 is 19.1. The predicted molar refractivity (Wildman–Crippen MR) is 96.3 cm³/mol. The lowest BCUT2D eigenvalue weighted by Crippen LogP contribution is -2.53. The van der Waals surface area contributed by atoms with Gasteiger partial charge in [0.15, 0.2) is 0 Å². The van der Waals surface area contributed by atoms with Gasteiger partial charge in [0, 0.05) is 18.8 Å². The van der Waals surface area contributed by atoms with Crippen LogP contribution in [0, 0.1) is 11.2 Å². The summed E-state index contributed by atoms with van der Waals surface area (Å²) in [5, 5.41) is 1.67. The minimum absolute atomic E-state index is 0.0390. The van der Waals surface area contributed by atoms with Gasteiger partial charge in [-0.3, -0.25) is 0 Å². The summed E-state index contributed by atoms with van der Waals surface area (Å²) in [6.07, 6.45) is 0. The van der Waals surface area contributed by atoms with Crippen LogP contribution in [0.5, 0.6) is 0 Å². The molecule has 1 saturated heterocycles. The van der Waals surface area contributed by atoms with E-state index in [0.717, 1.165) is 0 Å². The minimum Gasteiger partial charge on any atom is -0.462 e. The predicted octanol–water partition coefficient (Wildman–Crippen LogP) is 3.02. The summed E-state index contributed by atoms with van der Waals surface area (Å²) in [6, 6.07) is 4.46. The van der Waals surface area contributed by atoms with Crippen LogP contribution in [0.3, 0.4) is 0 Å². The number of esters is 1. The van der Waals surface area contributed by atoms with Gasteiger partial charge in [-0.25, -0.2) is 14.0 Å². The topological polar surface area (TPSA) is 59.1 Å². The van der Waals surface area contributed by atoms with Crippen molar-refractivity contribution in [1.29, 1.82) is 0 Å². The Labute approximate surface area is 153 Å². The zero-order valence-corrected chi connectivity index (χ0v) is 16.0. The first-order valence-corrected chi connectivity index (χ1v) is 8.84. The molecule has 0 radical (unpaired) electrons. The van der Waals surface area contributed by atoms with Gasteiger partial charge in [-0.05, 0) is 52.8 Å². The van der Waals surface area contributed by atoms with Crippen LogP contribution in [-0.2, 0) is 14.4 Å². The second-order valence-electron chi connectivity index (χ2n) is 7.45. The normalized spacial score (nSPS) is 18.5. The summed E-state index contributed by atoms with van der Waals surface area (Å²) in [6.45, 7) is 10.9. The Balaban J connectivity index is 2.03. The van der Waals surface area contributed by atoms with Crippen molar-refractivity contribution < 1.29 is 23.6 Å². The molecule has 0 N–H and O–H groups in total. The summed E-state index contributed by atoms with van der Waals surface area (Å²) >= 11 is 0. The lowest BCUT2D eigenvalue weighted by molar-refractivity contribution is -0.211. The van der Waals surface area contributed by atoms with Crippen molar-refractivity contribution >= 4 is 17.6 Å². The van der Waals surface area contributed by atoms with E-state index < -0.39 is 17.2 Å². The largest absolute Gasteiger partial charge is 0.462 e. The molecular weight excluding hydrogens is 339 g/mol.